The predicted octanol–water partition coefficient (Wildman–Crippen LogP) is 5.08. The van der Waals surface area contributed by atoms with Crippen LogP contribution in [0.25, 0.3) is 22.0 Å². The summed E-state index contributed by atoms with van der Waals surface area (Å²) in [6, 6.07) is 20.8. The van der Waals surface area contributed by atoms with E-state index < -0.39 is 0 Å². The molecule has 1 aromatic heterocycles. The number of halogens is 1. The SMILES string of the molecule is Cc1ccc(C)c(-c2nn(CC(=O)Nc3cccc(Br)c3)c(=O)c3ccccc23)c1. The van der Waals surface area contributed by atoms with E-state index in [-0.39, 0.29) is 18.0 Å². The Bertz CT molecular complexity index is 1330. The number of carbonyl (C=O) groups is 1. The molecule has 0 fully saturated rings. The molecular weight excluding hydrogens is 442 g/mol. The van der Waals surface area contributed by atoms with E-state index in [0.29, 0.717) is 16.8 Å². The fourth-order valence-electron chi connectivity index (χ4n) is 3.43. The lowest BCUT2D eigenvalue weighted by molar-refractivity contribution is -0.117. The Morgan fingerprint density at radius 2 is 1.77 bits per heavy atom. The fraction of sp³-hybridized carbons (Fsp3) is 0.125. The summed E-state index contributed by atoms with van der Waals surface area (Å²) in [5, 5.41) is 8.74. The summed E-state index contributed by atoms with van der Waals surface area (Å²) in [6.07, 6.45) is 0. The molecule has 0 saturated carbocycles. The third kappa shape index (κ3) is 4.04. The summed E-state index contributed by atoms with van der Waals surface area (Å²) in [7, 11) is 0. The van der Waals surface area contributed by atoms with E-state index in [1.54, 1.807) is 18.2 Å². The number of aryl methyl sites for hydroxylation is 2. The molecule has 5 nitrogen and oxygen atoms in total. The first-order valence-electron chi connectivity index (χ1n) is 9.55. The van der Waals surface area contributed by atoms with Crippen molar-refractivity contribution in [1.82, 2.24) is 9.78 Å². The second-order valence-corrected chi connectivity index (χ2v) is 8.15. The first-order chi connectivity index (χ1) is 14.4. The van der Waals surface area contributed by atoms with E-state index in [1.807, 2.05) is 56.3 Å². The number of nitrogens with one attached hydrogen (secondary N) is 1. The van der Waals surface area contributed by atoms with Crippen LogP contribution < -0.4 is 10.9 Å². The second-order valence-electron chi connectivity index (χ2n) is 7.23. The summed E-state index contributed by atoms with van der Waals surface area (Å²) in [6.45, 7) is 3.86. The Labute approximate surface area is 182 Å². The average molecular weight is 462 g/mol. The maximum absolute atomic E-state index is 13.0. The zero-order valence-electron chi connectivity index (χ0n) is 16.6. The van der Waals surface area contributed by atoms with Crippen LogP contribution in [-0.4, -0.2) is 15.7 Å². The van der Waals surface area contributed by atoms with Crippen molar-refractivity contribution in [3.05, 3.63) is 92.7 Å². The highest BCUT2D eigenvalue weighted by Crippen LogP contribution is 2.28. The van der Waals surface area contributed by atoms with Crippen molar-refractivity contribution in [3.63, 3.8) is 0 Å². The lowest BCUT2D eigenvalue weighted by atomic mass is 9.99. The molecule has 0 aliphatic rings. The first kappa shape index (κ1) is 20.0. The molecule has 0 saturated heterocycles. The largest absolute Gasteiger partial charge is 0.324 e. The molecule has 0 aliphatic heterocycles. The molecule has 4 aromatic rings. The smallest absolute Gasteiger partial charge is 0.275 e. The van der Waals surface area contributed by atoms with E-state index in [2.05, 4.69) is 32.4 Å². The number of rotatable bonds is 4. The minimum absolute atomic E-state index is 0.173. The van der Waals surface area contributed by atoms with Gasteiger partial charge in [-0.1, -0.05) is 57.9 Å². The van der Waals surface area contributed by atoms with E-state index in [0.717, 1.165) is 26.5 Å². The molecule has 6 heteroatoms. The standard InChI is InChI=1S/C24H20BrN3O2/c1-15-10-11-16(2)21(12-15)23-19-8-3-4-9-20(19)24(30)28(27-23)14-22(29)26-18-7-5-6-17(25)13-18/h3-13H,14H2,1-2H3,(H,26,29). The van der Waals surface area contributed by atoms with Crippen LogP contribution in [0.1, 0.15) is 11.1 Å². The van der Waals surface area contributed by atoms with Crippen molar-refractivity contribution in [2.45, 2.75) is 20.4 Å². The minimum Gasteiger partial charge on any atom is -0.324 e. The molecular formula is C24H20BrN3O2. The van der Waals surface area contributed by atoms with Gasteiger partial charge in [0.15, 0.2) is 0 Å². The number of hydrogen-bond donors (Lipinski definition) is 1. The van der Waals surface area contributed by atoms with Crippen LogP contribution in [0.15, 0.2) is 76.0 Å². The van der Waals surface area contributed by atoms with Gasteiger partial charge in [0.05, 0.1) is 11.1 Å². The van der Waals surface area contributed by atoms with E-state index >= 15 is 0 Å². The molecule has 0 spiro atoms. The van der Waals surface area contributed by atoms with Gasteiger partial charge < -0.3 is 5.32 Å². The molecule has 30 heavy (non-hydrogen) atoms. The van der Waals surface area contributed by atoms with Gasteiger partial charge in [0.1, 0.15) is 6.54 Å². The van der Waals surface area contributed by atoms with Crippen molar-refractivity contribution in [2.24, 2.45) is 0 Å². The Morgan fingerprint density at radius 3 is 2.53 bits per heavy atom. The molecule has 0 radical (unpaired) electrons. The van der Waals surface area contributed by atoms with Gasteiger partial charge in [-0.2, -0.15) is 5.10 Å². The molecule has 1 amide bonds. The third-order valence-corrected chi connectivity index (χ3v) is 5.41. The van der Waals surface area contributed by atoms with Gasteiger partial charge in [-0.3, -0.25) is 9.59 Å². The van der Waals surface area contributed by atoms with Gasteiger partial charge in [0.2, 0.25) is 5.91 Å². The zero-order valence-corrected chi connectivity index (χ0v) is 18.2. The maximum atomic E-state index is 13.0. The highest BCUT2D eigenvalue weighted by Gasteiger charge is 2.16. The monoisotopic (exact) mass is 461 g/mol. The number of benzene rings is 3. The first-order valence-corrected chi connectivity index (χ1v) is 10.3. The maximum Gasteiger partial charge on any atom is 0.275 e. The van der Waals surface area contributed by atoms with E-state index in [4.69, 9.17) is 0 Å². The third-order valence-electron chi connectivity index (χ3n) is 4.92. The molecule has 3 aromatic carbocycles. The van der Waals surface area contributed by atoms with Gasteiger partial charge in [-0.15, -0.1) is 0 Å². The van der Waals surface area contributed by atoms with Crippen LogP contribution in [0.2, 0.25) is 0 Å². The summed E-state index contributed by atoms with van der Waals surface area (Å²) >= 11 is 3.39. The van der Waals surface area contributed by atoms with Crippen molar-refractivity contribution in [2.75, 3.05) is 5.32 Å². The molecule has 1 N–H and O–H groups in total. The summed E-state index contributed by atoms with van der Waals surface area (Å²) in [5.74, 6) is -0.315. The number of nitrogens with zero attached hydrogens (tertiary/aromatic N) is 2. The van der Waals surface area contributed by atoms with Gasteiger partial charge in [-0.25, -0.2) is 4.68 Å². The van der Waals surface area contributed by atoms with Gasteiger partial charge >= 0.3 is 0 Å². The predicted molar refractivity (Wildman–Crippen MR) is 124 cm³/mol. The normalized spacial score (nSPS) is 10.9. The van der Waals surface area contributed by atoms with Crippen LogP contribution in [0.3, 0.4) is 0 Å². The number of amides is 1. The Morgan fingerprint density at radius 1 is 1.00 bits per heavy atom. The van der Waals surface area contributed by atoms with Crippen LogP contribution in [0, 0.1) is 13.8 Å². The Kier molecular flexibility index (Phi) is 5.50. The van der Waals surface area contributed by atoms with Gasteiger partial charge in [0.25, 0.3) is 5.56 Å². The number of fused-ring (bicyclic) bond motifs is 1. The number of carbonyl (C=O) groups excluding carboxylic acids is 1. The van der Waals surface area contributed by atoms with Crippen molar-refractivity contribution in [3.8, 4) is 11.3 Å². The Hall–Kier alpha value is -3.25. The number of aromatic nitrogens is 2. The second kappa shape index (κ2) is 8.24. The average Bonchev–Trinajstić information content (AvgIpc) is 2.72. The van der Waals surface area contributed by atoms with E-state index in [1.165, 1.54) is 4.68 Å². The number of hydrogen-bond acceptors (Lipinski definition) is 3. The quantitative estimate of drug-likeness (QED) is 0.460. The van der Waals surface area contributed by atoms with Crippen molar-refractivity contribution in [1.29, 1.82) is 0 Å². The molecule has 0 atom stereocenters. The van der Waals surface area contributed by atoms with Crippen molar-refractivity contribution < 1.29 is 4.79 Å². The highest BCUT2D eigenvalue weighted by atomic mass is 79.9. The molecule has 0 aliphatic carbocycles. The summed E-state index contributed by atoms with van der Waals surface area (Å²) < 4.78 is 2.10. The lowest BCUT2D eigenvalue weighted by Crippen LogP contribution is -2.30. The van der Waals surface area contributed by atoms with Crippen LogP contribution >= 0.6 is 15.9 Å². The summed E-state index contributed by atoms with van der Waals surface area (Å²) in [4.78, 5) is 25.6. The van der Waals surface area contributed by atoms with Gasteiger partial charge in [-0.05, 0) is 49.7 Å². The van der Waals surface area contributed by atoms with Crippen LogP contribution in [-0.2, 0) is 11.3 Å². The number of anilines is 1. The lowest BCUT2D eigenvalue weighted by Gasteiger charge is -2.13. The van der Waals surface area contributed by atoms with E-state index in [9.17, 15) is 9.59 Å². The minimum atomic E-state index is -0.315. The fourth-order valence-corrected chi connectivity index (χ4v) is 3.83. The van der Waals surface area contributed by atoms with Crippen LogP contribution in [0.4, 0.5) is 5.69 Å². The van der Waals surface area contributed by atoms with Crippen molar-refractivity contribution >= 4 is 38.3 Å². The molecule has 1 heterocycles. The summed E-state index contributed by atoms with van der Waals surface area (Å²) in [5.41, 5.74) is 4.17. The highest BCUT2D eigenvalue weighted by molar-refractivity contribution is 9.10. The van der Waals surface area contributed by atoms with Crippen LogP contribution in [0.5, 0.6) is 0 Å². The molecule has 0 unspecified atom stereocenters. The molecule has 0 bridgehead atoms. The topological polar surface area (TPSA) is 64.0 Å². The molecule has 150 valence electrons. The van der Waals surface area contributed by atoms with Gasteiger partial charge in [0, 0.05) is 21.1 Å². The zero-order chi connectivity index (χ0) is 21.3. The Balaban J connectivity index is 1.79. The molecule has 4 rings (SSSR count).